The van der Waals surface area contributed by atoms with Gasteiger partial charge < -0.3 is 14.0 Å². The monoisotopic (exact) mass is 356 g/mol. The molecule has 0 spiro atoms. The van der Waals surface area contributed by atoms with E-state index >= 15 is 0 Å². The van der Waals surface area contributed by atoms with Crippen molar-refractivity contribution in [3.8, 4) is 22.9 Å². The topological polar surface area (TPSA) is 99.2 Å². The number of hydrogen-bond donors (Lipinski definition) is 0. The fourth-order valence-corrected chi connectivity index (χ4v) is 2.92. The molecule has 25 heavy (non-hydrogen) atoms. The molecule has 1 aromatic carbocycles. The van der Waals surface area contributed by atoms with Crippen LogP contribution in [-0.2, 0) is 10.5 Å². The van der Waals surface area contributed by atoms with Gasteiger partial charge in [0.1, 0.15) is 0 Å². The predicted molar refractivity (Wildman–Crippen MR) is 91.8 cm³/mol. The van der Waals surface area contributed by atoms with Crippen molar-refractivity contribution >= 4 is 28.5 Å². The summed E-state index contributed by atoms with van der Waals surface area (Å²) in [5, 5.41) is 4.32. The number of aromatic nitrogens is 2. The third kappa shape index (κ3) is 3.05. The van der Waals surface area contributed by atoms with Crippen LogP contribution in [0.1, 0.15) is 12.8 Å². The van der Waals surface area contributed by atoms with Gasteiger partial charge in [-0.1, -0.05) is 23.5 Å². The highest BCUT2D eigenvalue weighted by atomic mass is 32.2. The van der Waals surface area contributed by atoms with Gasteiger partial charge in [0.25, 0.3) is 5.91 Å². The molecule has 0 radical (unpaired) electrons. The zero-order chi connectivity index (χ0) is 17.4. The molecule has 0 unspecified atom stereocenters. The van der Waals surface area contributed by atoms with Gasteiger partial charge in [0.05, 0.1) is 17.0 Å². The van der Waals surface area contributed by atoms with E-state index in [0.29, 0.717) is 45.4 Å². The van der Waals surface area contributed by atoms with Crippen molar-refractivity contribution in [2.24, 2.45) is 9.98 Å². The second-order valence-corrected chi connectivity index (χ2v) is 6.19. The molecule has 8 nitrogen and oxygen atoms in total. The Morgan fingerprint density at radius 3 is 2.92 bits per heavy atom. The van der Waals surface area contributed by atoms with Crippen molar-refractivity contribution in [1.82, 2.24) is 10.1 Å². The van der Waals surface area contributed by atoms with Crippen molar-refractivity contribution in [3.05, 3.63) is 36.2 Å². The lowest BCUT2D eigenvalue weighted by atomic mass is 10.2. The molecular formula is C16H12N4O4S. The van der Waals surface area contributed by atoms with Crippen molar-refractivity contribution in [1.29, 1.82) is 0 Å². The molecule has 4 rings (SSSR count). The Bertz CT molecular complexity index is 947. The zero-order valence-electron chi connectivity index (χ0n) is 13.2. The number of rotatable bonds is 3. The summed E-state index contributed by atoms with van der Waals surface area (Å²) >= 11 is 1.25. The van der Waals surface area contributed by atoms with Crippen LogP contribution in [0.3, 0.4) is 0 Å². The number of hydrogen-bond acceptors (Lipinski definition) is 8. The minimum atomic E-state index is -0.374. The molecule has 0 saturated carbocycles. The number of carbonyl (C=O) groups is 1. The summed E-state index contributed by atoms with van der Waals surface area (Å²) < 4.78 is 15.9. The van der Waals surface area contributed by atoms with Crippen LogP contribution in [-0.4, -0.2) is 33.7 Å². The van der Waals surface area contributed by atoms with Gasteiger partial charge in [-0.05, 0) is 25.1 Å². The van der Waals surface area contributed by atoms with Crippen molar-refractivity contribution in [2.45, 2.75) is 12.7 Å². The maximum absolute atomic E-state index is 11.7. The molecule has 0 aliphatic carbocycles. The number of nitrogens with zero attached hydrogens (tertiary/aromatic N) is 4. The summed E-state index contributed by atoms with van der Waals surface area (Å²) in [5.74, 6) is 2.18. The molecule has 2 aliphatic rings. The number of carbonyl (C=O) groups excluding carboxylic acids is 1. The number of ether oxygens (including phenoxy) is 2. The number of thioether (sulfide) groups is 1. The Morgan fingerprint density at radius 2 is 2.08 bits per heavy atom. The number of amides is 1. The van der Waals surface area contributed by atoms with Crippen LogP contribution in [0, 0.1) is 0 Å². The Labute approximate surface area is 146 Å². The zero-order valence-corrected chi connectivity index (χ0v) is 14.0. The molecule has 0 atom stereocenters. The molecular weight excluding hydrogens is 344 g/mol. The first-order valence-corrected chi connectivity index (χ1v) is 8.32. The van der Waals surface area contributed by atoms with Crippen LogP contribution in [0.4, 0.5) is 0 Å². The van der Waals surface area contributed by atoms with E-state index in [0.717, 1.165) is 5.56 Å². The van der Waals surface area contributed by atoms with Crippen LogP contribution < -0.4 is 9.47 Å². The van der Waals surface area contributed by atoms with Crippen molar-refractivity contribution < 1.29 is 18.8 Å². The smallest absolute Gasteiger partial charge is 0.280 e. The van der Waals surface area contributed by atoms with Gasteiger partial charge in [0, 0.05) is 5.56 Å². The molecule has 9 heteroatoms. The Balaban J connectivity index is 1.46. The molecule has 2 aliphatic heterocycles. The van der Waals surface area contributed by atoms with E-state index in [4.69, 9.17) is 14.0 Å². The van der Waals surface area contributed by atoms with E-state index < -0.39 is 0 Å². The van der Waals surface area contributed by atoms with Crippen LogP contribution in [0.5, 0.6) is 11.5 Å². The molecule has 0 N–H and O–H groups in total. The standard InChI is InChI=1S/C16H12N4O4S/c1-8-9(2)17-16(19-15(8)21)25-6-13-18-14(20-24-13)10-3-4-11-12(5-10)23-7-22-11/h3-5H,1,6-7H2,2H3. The molecule has 1 amide bonds. The highest BCUT2D eigenvalue weighted by molar-refractivity contribution is 8.13. The maximum atomic E-state index is 11.7. The normalized spacial score (nSPS) is 16.0. The predicted octanol–water partition coefficient (Wildman–Crippen LogP) is 2.61. The lowest BCUT2D eigenvalue weighted by molar-refractivity contribution is -0.113. The first-order valence-electron chi connectivity index (χ1n) is 7.33. The third-order valence-electron chi connectivity index (χ3n) is 3.58. The van der Waals surface area contributed by atoms with E-state index in [1.807, 2.05) is 6.07 Å². The average Bonchev–Trinajstić information content (AvgIpc) is 3.26. The van der Waals surface area contributed by atoms with Gasteiger partial charge in [-0.2, -0.15) is 9.98 Å². The number of fused-ring (bicyclic) bond motifs is 1. The first kappa shape index (κ1) is 15.6. The van der Waals surface area contributed by atoms with E-state index in [9.17, 15) is 4.79 Å². The molecule has 3 heterocycles. The summed E-state index contributed by atoms with van der Waals surface area (Å²) in [4.78, 5) is 24.1. The van der Waals surface area contributed by atoms with Crippen molar-refractivity contribution in [3.63, 3.8) is 0 Å². The molecule has 0 fully saturated rings. The van der Waals surface area contributed by atoms with E-state index in [-0.39, 0.29) is 12.7 Å². The number of aliphatic imine (C=N–C) groups is 2. The summed E-state index contributed by atoms with van der Waals surface area (Å²) in [5.41, 5.74) is 1.64. The minimum Gasteiger partial charge on any atom is -0.454 e. The maximum Gasteiger partial charge on any atom is 0.280 e. The SMILES string of the molecule is C=C1C(=O)N=C(SCc2nc(-c3ccc4c(c3)OCO4)no2)N=C1C. The molecule has 1 aromatic heterocycles. The van der Waals surface area contributed by atoms with Crippen LogP contribution in [0.25, 0.3) is 11.4 Å². The van der Waals surface area contributed by atoms with E-state index in [2.05, 4.69) is 26.7 Å². The van der Waals surface area contributed by atoms with E-state index in [1.54, 1.807) is 19.1 Å². The lowest BCUT2D eigenvalue weighted by Gasteiger charge is -2.08. The lowest BCUT2D eigenvalue weighted by Crippen LogP contribution is -2.15. The highest BCUT2D eigenvalue weighted by Crippen LogP contribution is 2.35. The number of benzene rings is 1. The van der Waals surface area contributed by atoms with Crippen LogP contribution in [0.2, 0.25) is 0 Å². The summed E-state index contributed by atoms with van der Waals surface area (Å²) in [6, 6.07) is 5.43. The fraction of sp³-hybridized carbons (Fsp3) is 0.188. The first-order chi connectivity index (χ1) is 12.1. The quantitative estimate of drug-likeness (QED) is 0.779. The van der Waals surface area contributed by atoms with Gasteiger partial charge >= 0.3 is 0 Å². The number of amidine groups is 1. The highest BCUT2D eigenvalue weighted by Gasteiger charge is 2.19. The van der Waals surface area contributed by atoms with Crippen molar-refractivity contribution in [2.75, 3.05) is 6.79 Å². The van der Waals surface area contributed by atoms with Crippen LogP contribution >= 0.6 is 11.8 Å². The largest absolute Gasteiger partial charge is 0.454 e. The minimum absolute atomic E-state index is 0.208. The van der Waals surface area contributed by atoms with E-state index in [1.165, 1.54) is 11.8 Å². The molecule has 2 aromatic rings. The van der Waals surface area contributed by atoms with Gasteiger partial charge in [-0.15, -0.1) is 0 Å². The van der Waals surface area contributed by atoms with Gasteiger partial charge in [0.15, 0.2) is 16.7 Å². The summed E-state index contributed by atoms with van der Waals surface area (Å²) in [6.45, 7) is 5.56. The summed E-state index contributed by atoms with van der Waals surface area (Å²) in [7, 11) is 0. The molecule has 126 valence electrons. The van der Waals surface area contributed by atoms with Crippen LogP contribution in [0.15, 0.2) is 44.9 Å². The molecule has 0 bridgehead atoms. The summed E-state index contributed by atoms with van der Waals surface area (Å²) in [6.07, 6.45) is 0. The van der Waals surface area contributed by atoms with Gasteiger partial charge in [0.2, 0.25) is 18.5 Å². The Kier molecular flexibility index (Phi) is 3.85. The van der Waals surface area contributed by atoms with Gasteiger partial charge in [-0.25, -0.2) is 4.99 Å². The second-order valence-electron chi connectivity index (χ2n) is 5.24. The Hall–Kier alpha value is -2.94. The fourth-order valence-electron chi connectivity index (χ4n) is 2.20. The van der Waals surface area contributed by atoms with Gasteiger partial charge in [-0.3, -0.25) is 4.79 Å². The second kappa shape index (κ2) is 6.17. The average molecular weight is 356 g/mol. The Morgan fingerprint density at radius 1 is 1.24 bits per heavy atom. The third-order valence-corrected chi connectivity index (χ3v) is 4.41. The molecule has 0 saturated heterocycles.